The molecule has 9 nitrogen and oxygen atoms in total. The maximum atomic E-state index is 13.4. The van der Waals surface area contributed by atoms with Gasteiger partial charge in [-0.05, 0) is 67.9 Å². The summed E-state index contributed by atoms with van der Waals surface area (Å²) < 4.78 is 33.1. The van der Waals surface area contributed by atoms with Crippen molar-refractivity contribution in [3.8, 4) is 0 Å². The number of carbonyl (C=O) groups is 3. The maximum absolute atomic E-state index is 13.4. The van der Waals surface area contributed by atoms with Gasteiger partial charge in [-0.1, -0.05) is 24.3 Å². The fourth-order valence-corrected chi connectivity index (χ4v) is 5.07. The summed E-state index contributed by atoms with van der Waals surface area (Å²) in [7, 11) is -3.96. The van der Waals surface area contributed by atoms with Gasteiger partial charge in [-0.25, -0.2) is 13.2 Å². The van der Waals surface area contributed by atoms with Gasteiger partial charge in [0.2, 0.25) is 5.91 Å². The summed E-state index contributed by atoms with van der Waals surface area (Å²) in [5.41, 5.74) is 6.82. The third kappa shape index (κ3) is 6.04. The van der Waals surface area contributed by atoms with Gasteiger partial charge in [-0.2, -0.15) is 0 Å². The Balaban J connectivity index is 1.72. The minimum atomic E-state index is -3.96. The molecule has 0 saturated carbocycles. The molecule has 0 bridgehead atoms. The molecule has 0 heterocycles. The van der Waals surface area contributed by atoms with Crippen LogP contribution in [-0.4, -0.2) is 39.4 Å². The number of ether oxygens (including phenoxy) is 1. The Kier molecular flexibility index (Phi) is 7.87. The van der Waals surface area contributed by atoms with Crippen molar-refractivity contribution in [1.82, 2.24) is 0 Å². The maximum Gasteiger partial charge on any atom is 0.338 e. The summed E-state index contributed by atoms with van der Waals surface area (Å²) >= 11 is 0. The van der Waals surface area contributed by atoms with E-state index in [4.69, 9.17) is 10.5 Å². The molecule has 0 spiro atoms. The van der Waals surface area contributed by atoms with E-state index in [-0.39, 0.29) is 22.6 Å². The lowest BCUT2D eigenvalue weighted by atomic mass is 10.1. The summed E-state index contributed by atoms with van der Waals surface area (Å²) in [5.74, 6) is -2.04. The fourth-order valence-electron chi connectivity index (χ4n) is 3.34. The average Bonchev–Trinajstić information content (AvgIpc) is 2.84. The molecule has 0 aliphatic carbocycles. The number of sulfonamides is 1. The van der Waals surface area contributed by atoms with Crippen LogP contribution in [0.1, 0.15) is 33.2 Å². The topological polar surface area (TPSA) is 136 Å². The van der Waals surface area contributed by atoms with Crippen molar-refractivity contribution < 1.29 is 27.5 Å². The smallest absolute Gasteiger partial charge is 0.338 e. The highest BCUT2D eigenvalue weighted by Crippen LogP contribution is 2.26. The second-order valence-electron chi connectivity index (χ2n) is 7.55. The summed E-state index contributed by atoms with van der Waals surface area (Å²) in [5, 5.41) is 2.53. The van der Waals surface area contributed by atoms with Crippen LogP contribution in [0.2, 0.25) is 0 Å². The van der Waals surface area contributed by atoms with E-state index < -0.39 is 34.4 Å². The van der Waals surface area contributed by atoms with Crippen LogP contribution in [-0.2, 0) is 19.6 Å². The quantitative estimate of drug-likeness (QED) is 0.438. The minimum absolute atomic E-state index is 0.00287. The molecule has 0 fully saturated rings. The highest BCUT2D eigenvalue weighted by molar-refractivity contribution is 7.92. The summed E-state index contributed by atoms with van der Waals surface area (Å²) in [4.78, 5) is 35.8. The number of esters is 1. The Labute approximate surface area is 203 Å². The Hall–Kier alpha value is -4.18. The van der Waals surface area contributed by atoms with Crippen LogP contribution in [0.3, 0.4) is 0 Å². The molecule has 3 aromatic rings. The first-order valence-electron chi connectivity index (χ1n) is 10.7. The Morgan fingerprint density at radius 3 is 2.17 bits per heavy atom. The van der Waals surface area contributed by atoms with Crippen molar-refractivity contribution in [2.24, 2.45) is 5.73 Å². The van der Waals surface area contributed by atoms with Crippen molar-refractivity contribution in [3.05, 3.63) is 89.5 Å². The number of nitrogens with two attached hydrogens (primary N) is 1. The van der Waals surface area contributed by atoms with E-state index in [1.54, 1.807) is 44.2 Å². The molecule has 0 aliphatic heterocycles. The number of aryl methyl sites for hydroxylation is 1. The van der Waals surface area contributed by atoms with Gasteiger partial charge in [0.25, 0.3) is 15.9 Å². The zero-order valence-corrected chi connectivity index (χ0v) is 20.0. The summed E-state index contributed by atoms with van der Waals surface area (Å²) in [6, 6.07) is 18.7. The third-order valence-electron chi connectivity index (χ3n) is 5.11. The number of carbonyl (C=O) groups excluding carboxylic acids is 3. The number of hydrogen-bond donors (Lipinski definition) is 2. The van der Waals surface area contributed by atoms with Gasteiger partial charge in [0.15, 0.2) is 6.61 Å². The summed E-state index contributed by atoms with van der Waals surface area (Å²) in [6.45, 7) is 2.97. The van der Waals surface area contributed by atoms with Gasteiger partial charge in [0.1, 0.15) is 0 Å². The molecule has 3 N–H and O–H groups in total. The molecule has 0 saturated heterocycles. The van der Waals surface area contributed by atoms with E-state index in [1.165, 1.54) is 46.8 Å². The lowest BCUT2D eigenvalue weighted by molar-refractivity contribution is -0.119. The zero-order valence-electron chi connectivity index (χ0n) is 19.2. The SMILES string of the molecule is CCN(c1ccccc1)S(=O)(=O)c1cc(C(=O)OCC(=O)Nc2ccc(C(N)=O)cc2)ccc1C. The predicted octanol–water partition coefficient (Wildman–Crippen LogP) is 3.10. The first-order valence-corrected chi connectivity index (χ1v) is 12.1. The van der Waals surface area contributed by atoms with Crippen LogP contribution in [0.4, 0.5) is 11.4 Å². The molecule has 35 heavy (non-hydrogen) atoms. The second kappa shape index (κ2) is 10.8. The van der Waals surface area contributed by atoms with Gasteiger partial charge >= 0.3 is 5.97 Å². The number of benzene rings is 3. The van der Waals surface area contributed by atoms with E-state index in [1.807, 2.05) is 0 Å². The lowest BCUT2D eigenvalue weighted by Gasteiger charge is -2.24. The van der Waals surface area contributed by atoms with Gasteiger partial charge in [0.05, 0.1) is 16.1 Å². The Bertz CT molecular complexity index is 1340. The molecule has 2 amide bonds. The predicted molar refractivity (Wildman–Crippen MR) is 132 cm³/mol. The third-order valence-corrected chi connectivity index (χ3v) is 7.16. The van der Waals surface area contributed by atoms with Crippen LogP contribution in [0.25, 0.3) is 0 Å². The fraction of sp³-hybridized carbons (Fsp3) is 0.160. The Morgan fingerprint density at radius 2 is 1.57 bits per heavy atom. The Morgan fingerprint density at radius 1 is 0.943 bits per heavy atom. The highest BCUT2D eigenvalue weighted by atomic mass is 32.2. The minimum Gasteiger partial charge on any atom is -0.452 e. The van der Waals surface area contributed by atoms with Crippen molar-refractivity contribution in [1.29, 1.82) is 0 Å². The van der Waals surface area contributed by atoms with E-state index in [0.717, 1.165) is 0 Å². The number of para-hydroxylation sites is 1. The van der Waals surface area contributed by atoms with E-state index in [0.29, 0.717) is 16.9 Å². The molecule has 182 valence electrons. The van der Waals surface area contributed by atoms with Crippen molar-refractivity contribution >= 4 is 39.2 Å². The molecule has 0 atom stereocenters. The normalized spacial score (nSPS) is 10.9. The van der Waals surface area contributed by atoms with E-state index >= 15 is 0 Å². The molecule has 3 rings (SSSR count). The molecule has 3 aromatic carbocycles. The van der Waals surface area contributed by atoms with Gasteiger partial charge in [0, 0.05) is 17.8 Å². The number of nitrogens with zero attached hydrogens (tertiary/aromatic N) is 1. The van der Waals surface area contributed by atoms with Crippen molar-refractivity contribution in [3.63, 3.8) is 0 Å². The number of rotatable bonds is 9. The van der Waals surface area contributed by atoms with Gasteiger partial charge < -0.3 is 15.8 Å². The van der Waals surface area contributed by atoms with Crippen LogP contribution < -0.4 is 15.4 Å². The molecule has 0 unspecified atom stereocenters. The van der Waals surface area contributed by atoms with Crippen molar-refractivity contribution in [2.75, 3.05) is 22.8 Å². The van der Waals surface area contributed by atoms with Gasteiger partial charge in [-0.15, -0.1) is 0 Å². The van der Waals surface area contributed by atoms with Gasteiger partial charge in [-0.3, -0.25) is 13.9 Å². The number of anilines is 2. The highest BCUT2D eigenvalue weighted by Gasteiger charge is 2.26. The number of primary amides is 1. The largest absolute Gasteiger partial charge is 0.452 e. The molecule has 0 aromatic heterocycles. The summed E-state index contributed by atoms with van der Waals surface area (Å²) in [6.07, 6.45) is 0. The number of amides is 2. The van der Waals surface area contributed by atoms with Crippen LogP contribution in [0.5, 0.6) is 0 Å². The van der Waals surface area contributed by atoms with Crippen molar-refractivity contribution in [2.45, 2.75) is 18.7 Å². The monoisotopic (exact) mass is 495 g/mol. The molecular weight excluding hydrogens is 470 g/mol. The van der Waals surface area contributed by atoms with Crippen LogP contribution in [0, 0.1) is 6.92 Å². The first-order chi connectivity index (χ1) is 16.6. The van der Waals surface area contributed by atoms with Crippen LogP contribution >= 0.6 is 0 Å². The molecule has 0 aliphatic rings. The van der Waals surface area contributed by atoms with Crippen LogP contribution in [0.15, 0.2) is 77.7 Å². The molecule has 0 radical (unpaired) electrons. The molecule has 10 heteroatoms. The zero-order chi connectivity index (χ0) is 25.6. The lowest BCUT2D eigenvalue weighted by Crippen LogP contribution is -2.31. The number of nitrogens with one attached hydrogen (secondary N) is 1. The first kappa shape index (κ1) is 25.4. The van der Waals surface area contributed by atoms with E-state index in [9.17, 15) is 22.8 Å². The molecular formula is C25H25N3O6S. The number of hydrogen-bond acceptors (Lipinski definition) is 6. The second-order valence-corrected chi connectivity index (χ2v) is 9.38. The average molecular weight is 496 g/mol. The van der Waals surface area contributed by atoms with E-state index in [2.05, 4.69) is 5.32 Å². The standard InChI is InChI=1S/C25H25N3O6S/c1-3-28(21-7-5-4-6-8-21)35(32,33)22-15-19(10-9-17(22)2)25(31)34-16-23(29)27-20-13-11-18(12-14-20)24(26)30/h4-15H,3,16H2,1-2H3,(H2,26,30)(H,27,29).